The van der Waals surface area contributed by atoms with Gasteiger partial charge in [-0.2, -0.15) is 0 Å². The van der Waals surface area contributed by atoms with Gasteiger partial charge in [0.15, 0.2) is 11.6 Å². The minimum absolute atomic E-state index is 0.00811. The Morgan fingerprint density at radius 1 is 1.23 bits per heavy atom. The van der Waals surface area contributed by atoms with E-state index in [1.54, 1.807) is 50.3 Å². The molecule has 1 aromatic heterocycles. The summed E-state index contributed by atoms with van der Waals surface area (Å²) in [5.74, 6) is 0. The Bertz CT molecular complexity index is 947. The maximum absolute atomic E-state index is 12.8. The van der Waals surface area contributed by atoms with Crippen molar-refractivity contribution in [1.29, 1.82) is 0 Å². The molecule has 11 nitrogen and oxygen atoms in total. The minimum atomic E-state index is -4.48. The first-order chi connectivity index (χ1) is 14.2. The van der Waals surface area contributed by atoms with Crippen molar-refractivity contribution in [2.45, 2.75) is 88.9 Å². The van der Waals surface area contributed by atoms with E-state index >= 15 is 0 Å². The number of ether oxygens (including phenoxy) is 1. The van der Waals surface area contributed by atoms with E-state index < -0.39 is 54.3 Å². The first-order valence-corrected chi connectivity index (χ1v) is 12.7. The predicted octanol–water partition coefficient (Wildman–Crippen LogP) is 1.03. The Morgan fingerprint density at radius 2 is 1.81 bits per heavy atom. The van der Waals surface area contributed by atoms with Gasteiger partial charge >= 0.3 is 13.3 Å². The molecular formula is C18H30IN2O9P. The molecule has 2 rings (SSSR count). The van der Waals surface area contributed by atoms with Crippen molar-refractivity contribution in [2.75, 3.05) is 0 Å². The van der Waals surface area contributed by atoms with Gasteiger partial charge in [0.25, 0.3) is 5.56 Å². The van der Waals surface area contributed by atoms with E-state index in [0.717, 1.165) is 4.57 Å². The number of H-pyrrole nitrogens is 1. The highest BCUT2D eigenvalue weighted by atomic mass is 127. The van der Waals surface area contributed by atoms with Crippen LogP contribution in [0.25, 0.3) is 0 Å². The van der Waals surface area contributed by atoms with Crippen molar-refractivity contribution in [2.24, 2.45) is 0 Å². The highest BCUT2D eigenvalue weighted by Gasteiger charge is 2.51. The summed E-state index contributed by atoms with van der Waals surface area (Å²) in [7, 11) is -4.48. The lowest BCUT2D eigenvalue weighted by molar-refractivity contribution is -0.0721. The maximum atomic E-state index is 12.8. The number of hydrogen-bond donors (Lipinski definition) is 5. The summed E-state index contributed by atoms with van der Waals surface area (Å²) in [5.41, 5.74) is -2.68. The first kappa shape index (κ1) is 26.7. The average Bonchev–Trinajstić information content (AvgIpc) is 2.97. The number of rotatable bonds is 9. The first-order valence-electron chi connectivity index (χ1n) is 10.0. The molecule has 1 fully saturated rings. The summed E-state index contributed by atoms with van der Waals surface area (Å²) >= 11 is 1.72. The number of aliphatic hydroxyl groups excluding tert-OH is 2. The standard InChI is InChI=1S/C18H30IN2O9P/c1-5-17(4,30-31(27,28)18(26,6-2)7-3)8-11-12(22)13(23)15(29-11)21-9-10(19)14(24)20-16(21)25/h9,11-13,15,22-23,26H,5-8H2,1-4H3,(H,27,28)(H,20,24,25)/t11-,12-,13-,15-,17?/m1/s1. The maximum Gasteiger partial charge on any atom is 0.359 e. The Morgan fingerprint density at radius 3 is 2.32 bits per heavy atom. The van der Waals surface area contributed by atoms with E-state index in [-0.39, 0.29) is 29.3 Å². The third kappa shape index (κ3) is 5.32. The number of aliphatic hydroxyl groups is 3. The lowest BCUT2D eigenvalue weighted by atomic mass is 9.93. The van der Waals surface area contributed by atoms with Crippen LogP contribution in [0.2, 0.25) is 0 Å². The smallest absolute Gasteiger partial charge is 0.359 e. The van der Waals surface area contributed by atoms with Crippen LogP contribution in [0.5, 0.6) is 0 Å². The van der Waals surface area contributed by atoms with E-state index in [1.165, 1.54) is 6.20 Å². The molecule has 178 valence electrons. The second kappa shape index (κ2) is 9.72. The summed E-state index contributed by atoms with van der Waals surface area (Å²) in [5, 5.41) is 29.6. The molecule has 1 aromatic rings. The average molecular weight is 576 g/mol. The van der Waals surface area contributed by atoms with Crippen LogP contribution in [0.3, 0.4) is 0 Å². The van der Waals surface area contributed by atoms with Crippen LogP contribution < -0.4 is 11.2 Å². The van der Waals surface area contributed by atoms with Crippen LogP contribution in [0.15, 0.2) is 15.8 Å². The van der Waals surface area contributed by atoms with Gasteiger partial charge in [-0.15, -0.1) is 0 Å². The van der Waals surface area contributed by atoms with E-state index in [1.807, 2.05) is 0 Å². The fourth-order valence-corrected chi connectivity index (χ4v) is 5.69. The molecule has 1 aliphatic rings. The van der Waals surface area contributed by atoms with E-state index in [0.29, 0.717) is 0 Å². The van der Waals surface area contributed by atoms with E-state index in [9.17, 15) is 34.4 Å². The van der Waals surface area contributed by atoms with E-state index in [4.69, 9.17) is 9.26 Å². The zero-order valence-corrected chi connectivity index (χ0v) is 20.9. The van der Waals surface area contributed by atoms with Gasteiger partial charge < -0.3 is 29.5 Å². The largest absolute Gasteiger partial charge is 0.388 e. The summed E-state index contributed by atoms with van der Waals surface area (Å²) in [4.78, 5) is 36.3. The van der Waals surface area contributed by atoms with Crippen LogP contribution in [0, 0.1) is 3.57 Å². The SMILES string of the molecule is CCC(C)(C[C@H]1O[C@@H](n2cc(I)c(=O)[nH]c2=O)[C@H](O)[C@@H]1O)OP(=O)(O)C(O)(CC)CC. The Hall–Kier alpha value is -0.600. The highest BCUT2D eigenvalue weighted by molar-refractivity contribution is 14.1. The number of nitrogens with zero attached hydrogens (tertiary/aromatic N) is 1. The van der Waals surface area contributed by atoms with Gasteiger partial charge in [0.1, 0.15) is 12.2 Å². The number of aromatic nitrogens is 2. The summed E-state index contributed by atoms with van der Waals surface area (Å²) < 4.78 is 25.3. The zero-order valence-electron chi connectivity index (χ0n) is 17.8. The lowest BCUT2D eigenvalue weighted by Crippen LogP contribution is -2.40. The van der Waals surface area contributed by atoms with Crippen LogP contribution in [-0.2, 0) is 13.8 Å². The molecule has 13 heteroatoms. The van der Waals surface area contributed by atoms with Gasteiger partial charge in [0.2, 0.25) is 0 Å². The quantitative estimate of drug-likeness (QED) is 0.213. The topological polar surface area (TPSA) is 171 Å². The predicted molar refractivity (Wildman–Crippen MR) is 120 cm³/mol. The number of aromatic amines is 1. The fraction of sp³-hybridized carbons (Fsp3) is 0.778. The van der Waals surface area contributed by atoms with Crippen LogP contribution >= 0.6 is 30.2 Å². The van der Waals surface area contributed by atoms with Gasteiger partial charge in [-0.05, 0) is 48.8 Å². The van der Waals surface area contributed by atoms with Crippen molar-refractivity contribution in [3.8, 4) is 0 Å². The zero-order chi connectivity index (χ0) is 23.8. The molecule has 2 unspecified atom stereocenters. The minimum Gasteiger partial charge on any atom is -0.388 e. The van der Waals surface area contributed by atoms with Crippen LogP contribution in [0.1, 0.15) is 59.6 Å². The summed E-state index contributed by atoms with van der Waals surface area (Å²) in [6, 6.07) is 0. The molecular weight excluding hydrogens is 546 g/mol. The molecule has 0 aromatic carbocycles. The molecule has 31 heavy (non-hydrogen) atoms. The second-order valence-corrected chi connectivity index (χ2v) is 11.2. The second-order valence-electron chi connectivity index (χ2n) is 8.00. The molecule has 0 spiro atoms. The monoisotopic (exact) mass is 576 g/mol. The van der Waals surface area contributed by atoms with Crippen molar-refractivity contribution in [3.05, 3.63) is 30.6 Å². The Labute approximate surface area is 193 Å². The highest BCUT2D eigenvalue weighted by Crippen LogP contribution is 2.60. The van der Waals surface area contributed by atoms with Gasteiger partial charge in [0.05, 0.1) is 15.3 Å². The number of halogens is 1. The molecule has 1 aliphatic heterocycles. The van der Waals surface area contributed by atoms with Crippen molar-refractivity contribution >= 4 is 30.2 Å². The molecule has 0 saturated carbocycles. The normalized spacial score (nSPS) is 28.3. The summed E-state index contributed by atoms with van der Waals surface area (Å²) in [6.45, 7) is 6.41. The molecule has 0 aliphatic carbocycles. The molecule has 2 heterocycles. The third-order valence-electron chi connectivity index (χ3n) is 5.92. The molecule has 5 N–H and O–H groups in total. The van der Waals surface area contributed by atoms with Crippen molar-refractivity contribution in [3.63, 3.8) is 0 Å². The molecule has 0 bridgehead atoms. The Balaban J connectivity index is 2.28. The third-order valence-corrected chi connectivity index (χ3v) is 9.06. The molecule has 1 saturated heterocycles. The van der Waals surface area contributed by atoms with Crippen molar-refractivity contribution in [1.82, 2.24) is 9.55 Å². The van der Waals surface area contributed by atoms with Crippen molar-refractivity contribution < 1.29 is 34.0 Å². The van der Waals surface area contributed by atoms with Gasteiger partial charge in [-0.3, -0.25) is 18.9 Å². The van der Waals surface area contributed by atoms with Crippen LogP contribution in [-0.4, -0.2) is 59.0 Å². The number of hydrogen-bond acceptors (Lipinski definition) is 8. The van der Waals surface area contributed by atoms with E-state index in [2.05, 4.69) is 4.98 Å². The van der Waals surface area contributed by atoms with Gasteiger partial charge in [0, 0.05) is 12.6 Å². The molecule has 0 amide bonds. The van der Waals surface area contributed by atoms with Gasteiger partial charge in [-0.25, -0.2) is 4.79 Å². The molecule has 0 radical (unpaired) electrons. The Kier molecular flexibility index (Phi) is 8.35. The number of nitrogens with one attached hydrogen (secondary N) is 1. The molecule has 6 atom stereocenters. The van der Waals surface area contributed by atoms with Crippen LogP contribution in [0.4, 0.5) is 0 Å². The fourth-order valence-electron chi connectivity index (χ4n) is 3.48. The lowest BCUT2D eigenvalue weighted by Gasteiger charge is -2.38. The summed E-state index contributed by atoms with van der Waals surface area (Å²) in [6.07, 6.45) is -3.86. The van der Waals surface area contributed by atoms with Gasteiger partial charge in [-0.1, -0.05) is 20.8 Å².